The van der Waals surface area contributed by atoms with Crippen molar-refractivity contribution < 1.29 is 23.5 Å². The Morgan fingerprint density at radius 1 is 1.06 bits per heavy atom. The van der Waals surface area contributed by atoms with Crippen LogP contribution in [-0.2, 0) is 18.4 Å². The van der Waals surface area contributed by atoms with Gasteiger partial charge in [-0.2, -0.15) is 0 Å². The number of hydrogen-bond acceptors (Lipinski definition) is 5. The molecule has 6 heteroatoms. The van der Waals surface area contributed by atoms with Crippen molar-refractivity contribution in [3.8, 4) is 0 Å². The van der Waals surface area contributed by atoms with Gasteiger partial charge in [-0.15, -0.1) is 0 Å². The van der Waals surface area contributed by atoms with Crippen LogP contribution < -0.4 is 0 Å². The van der Waals surface area contributed by atoms with E-state index in [1.165, 1.54) is 43.7 Å². The topological polar surface area (TPSA) is 65.0 Å². The summed E-state index contributed by atoms with van der Waals surface area (Å²) in [7, 11) is 1.34. The van der Waals surface area contributed by atoms with E-state index in [4.69, 9.17) is 13.6 Å². The fraction of sp³-hybridized carbons (Fsp3) is 0.654. The van der Waals surface area contributed by atoms with Gasteiger partial charge in [0.25, 0.3) is 0 Å². The summed E-state index contributed by atoms with van der Waals surface area (Å²) >= 11 is 0. The van der Waals surface area contributed by atoms with Crippen molar-refractivity contribution >= 4 is 20.6 Å². The maximum atomic E-state index is 12.3. The van der Waals surface area contributed by atoms with Crippen LogP contribution in [0.2, 0.25) is 12.6 Å². The predicted molar refractivity (Wildman–Crippen MR) is 130 cm³/mol. The molecule has 3 atom stereocenters. The van der Waals surface area contributed by atoms with E-state index in [1.807, 2.05) is 0 Å². The highest BCUT2D eigenvalue weighted by atomic mass is 28.4. The lowest BCUT2D eigenvalue weighted by Gasteiger charge is -2.33. The van der Waals surface area contributed by atoms with Crippen LogP contribution in [0.4, 0.5) is 0 Å². The molecule has 3 rings (SSSR count). The summed E-state index contributed by atoms with van der Waals surface area (Å²) in [5, 5.41) is 10.5. The van der Waals surface area contributed by atoms with Crippen molar-refractivity contribution in [3.63, 3.8) is 0 Å². The average Bonchev–Trinajstić information content (AvgIpc) is 2.83. The Hall–Kier alpha value is -1.47. The standard InChI is InChI=1S/C26H40O5Si/c1-29-32(3,30-2)18-17-21-11-15-25(24(27)19-21)31-26(28)16-12-20-9-13-23(14-10-20)22-7-5-4-6-8-22/h9-10,12-14,16,21-22,24-25,27H,4-8,11,15,17-19H2,1-3H3/b16-12+. The van der Waals surface area contributed by atoms with Gasteiger partial charge in [-0.3, -0.25) is 0 Å². The monoisotopic (exact) mass is 460 g/mol. The molecule has 0 bridgehead atoms. The molecule has 5 nitrogen and oxygen atoms in total. The Morgan fingerprint density at radius 2 is 1.75 bits per heavy atom. The van der Waals surface area contributed by atoms with Crippen LogP contribution in [-0.4, -0.2) is 46.1 Å². The van der Waals surface area contributed by atoms with E-state index >= 15 is 0 Å². The van der Waals surface area contributed by atoms with Crippen molar-refractivity contribution in [3.05, 3.63) is 41.5 Å². The van der Waals surface area contributed by atoms with Crippen LogP contribution in [0, 0.1) is 5.92 Å². The van der Waals surface area contributed by atoms with E-state index in [0.717, 1.165) is 24.4 Å². The van der Waals surface area contributed by atoms with Crippen molar-refractivity contribution in [1.82, 2.24) is 0 Å². The summed E-state index contributed by atoms with van der Waals surface area (Å²) in [4.78, 5) is 12.3. The van der Waals surface area contributed by atoms with Gasteiger partial charge in [0, 0.05) is 20.3 Å². The van der Waals surface area contributed by atoms with Crippen molar-refractivity contribution in [1.29, 1.82) is 0 Å². The van der Waals surface area contributed by atoms with Crippen LogP contribution in [0.15, 0.2) is 30.3 Å². The highest BCUT2D eigenvalue weighted by molar-refractivity contribution is 6.65. The highest BCUT2D eigenvalue weighted by Crippen LogP contribution is 2.33. The lowest BCUT2D eigenvalue weighted by Crippen LogP contribution is -2.39. The molecule has 0 aliphatic heterocycles. The van der Waals surface area contributed by atoms with E-state index in [9.17, 15) is 9.90 Å². The Balaban J connectivity index is 1.43. The van der Waals surface area contributed by atoms with Crippen LogP contribution in [0.5, 0.6) is 0 Å². The predicted octanol–water partition coefficient (Wildman–Crippen LogP) is 5.58. The number of rotatable bonds is 9. The Kier molecular flexibility index (Phi) is 9.53. The van der Waals surface area contributed by atoms with E-state index in [-0.39, 0.29) is 5.97 Å². The maximum absolute atomic E-state index is 12.3. The van der Waals surface area contributed by atoms with Gasteiger partial charge in [0.05, 0.1) is 6.10 Å². The molecule has 0 radical (unpaired) electrons. The zero-order valence-corrected chi connectivity index (χ0v) is 20.9. The SMILES string of the molecule is CO[Si](C)(CCC1CCC(OC(=O)/C=C/c2ccc(C3CCCCC3)cc2)C(O)C1)OC. The molecule has 2 fully saturated rings. The summed E-state index contributed by atoms with van der Waals surface area (Å²) in [5.74, 6) is 0.710. The van der Waals surface area contributed by atoms with Crippen LogP contribution in [0.1, 0.15) is 74.8 Å². The molecular weight excluding hydrogens is 420 g/mol. The van der Waals surface area contributed by atoms with E-state index in [2.05, 4.69) is 30.8 Å². The molecule has 2 saturated carbocycles. The molecule has 32 heavy (non-hydrogen) atoms. The van der Waals surface area contributed by atoms with Crippen LogP contribution in [0.3, 0.4) is 0 Å². The maximum Gasteiger partial charge on any atom is 0.334 e. The lowest BCUT2D eigenvalue weighted by molar-refractivity contribution is -0.152. The van der Waals surface area contributed by atoms with Gasteiger partial charge in [0.1, 0.15) is 6.10 Å². The number of carbonyl (C=O) groups excluding carboxylic acids is 1. The van der Waals surface area contributed by atoms with E-state index in [0.29, 0.717) is 24.7 Å². The number of ether oxygens (including phenoxy) is 1. The Morgan fingerprint density at radius 3 is 2.38 bits per heavy atom. The van der Waals surface area contributed by atoms with Gasteiger partial charge in [-0.1, -0.05) is 43.5 Å². The second kappa shape index (κ2) is 12.1. The zero-order valence-electron chi connectivity index (χ0n) is 19.9. The van der Waals surface area contributed by atoms with Gasteiger partial charge in [0.15, 0.2) is 0 Å². The second-order valence-electron chi connectivity index (χ2n) is 9.64. The highest BCUT2D eigenvalue weighted by Gasteiger charge is 2.34. The minimum absolute atomic E-state index is 0.386. The fourth-order valence-electron chi connectivity index (χ4n) is 5.02. The Labute approximate surface area is 194 Å². The number of aliphatic hydroxyl groups is 1. The molecule has 0 saturated heterocycles. The quantitative estimate of drug-likeness (QED) is 0.296. The molecule has 2 aliphatic carbocycles. The van der Waals surface area contributed by atoms with Crippen LogP contribution in [0.25, 0.3) is 6.08 Å². The van der Waals surface area contributed by atoms with E-state index < -0.39 is 20.8 Å². The number of aliphatic hydroxyl groups excluding tert-OH is 1. The Bertz CT molecular complexity index is 737. The molecule has 0 spiro atoms. The molecule has 1 N–H and O–H groups in total. The second-order valence-corrected chi connectivity index (χ2v) is 13.2. The minimum atomic E-state index is -2.08. The largest absolute Gasteiger partial charge is 0.456 e. The average molecular weight is 461 g/mol. The van der Waals surface area contributed by atoms with Gasteiger partial charge < -0.3 is 18.7 Å². The van der Waals surface area contributed by atoms with Crippen molar-refractivity contribution in [2.45, 2.75) is 88.5 Å². The molecule has 3 unspecified atom stereocenters. The molecule has 1 aromatic carbocycles. The first-order chi connectivity index (χ1) is 15.4. The van der Waals surface area contributed by atoms with Gasteiger partial charge in [-0.05, 0) is 80.2 Å². The van der Waals surface area contributed by atoms with Gasteiger partial charge >= 0.3 is 14.5 Å². The first-order valence-corrected chi connectivity index (χ1v) is 14.7. The minimum Gasteiger partial charge on any atom is -0.456 e. The summed E-state index contributed by atoms with van der Waals surface area (Å²) in [5.41, 5.74) is 2.40. The molecular formula is C26H40O5Si. The molecule has 0 heterocycles. The number of hydrogen-bond donors (Lipinski definition) is 1. The van der Waals surface area contributed by atoms with Gasteiger partial charge in [0.2, 0.25) is 0 Å². The van der Waals surface area contributed by atoms with Crippen LogP contribution >= 0.6 is 0 Å². The third kappa shape index (κ3) is 7.27. The third-order valence-corrected chi connectivity index (χ3v) is 10.4. The normalized spacial score (nSPS) is 25.2. The summed E-state index contributed by atoms with van der Waals surface area (Å²) in [6.45, 7) is 2.06. The first kappa shape index (κ1) is 25.2. The first-order valence-electron chi connectivity index (χ1n) is 12.2. The molecule has 0 amide bonds. The molecule has 0 aromatic heterocycles. The number of esters is 1. The summed E-state index contributed by atoms with van der Waals surface area (Å²) < 4.78 is 16.7. The molecule has 178 valence electrons. The molecule has 1 aromatic rings. The molecule has 2 aliphatic rings. The number of carbonyl (C=O) groups is 1. The van der Waals surface area contributed by atoms with Crippen molar-refractivity contribution in [2.24, 2.45) is 5.92 Å². The number of benzene rings is 1. The smallest absolute Gasteiger partial charge is 0.334 e. The summed E-state index contributed by atoms with van der Waals surface area (Å²) in [6, 6.07) is 9.43. The van der Waals surface area contributed by atoms with E-state index in [1.54, 1.807) is 20.3 Å². The van der Waals surface area contributed by atoms with Crippen molar-refractivity contribution in [2.75, 3.05) is 14.2 Å². The summed E-state index contributed by atoms with van der Waals surface area (Å²) in [6.07, 6.45) is 12.1. The lowest BCUT2D eigenvalue weighted by atomic mass is 9.84. The van der Waals surface area contributed by atoms with Gasteiger partial charge in [-0.25, -0.2) is 4.79 Å². The third-order valence-electron chi connectivity index (χ3n) is 7.43. The zero-order chi connectivity index (χ0) is 23.0. The fourth-order valence-corrected chi connectivity index (χ4v) is 6.53.